The van der Waals surface area contributed by atoms with Crippen LogP contribution in [0.15, 0.2) is 48.8 Å². The molecule has 0 saturated carbocycles. The second kappa shape index (κ2) is 4.81. The van der Waals surface area contributed by atoms with Crippen molar-refractivity contribution in [3.8, 4) is 0 Å². The summed E-state index contributed by atoms with van der Waals surface area (Å²) in [4.78, 5) is 16.5. The number of hydrogen-bond donors (Lipinski definition) is 1. The summed E-state index contributed by atoms with van der Waals surface area (Å²) in [7, 11) is 1.97. The molecule has 1 amide bonds. The molecule has 100 valence electrons. The minimum Gasteiger partial charge on any atom is -0.351 e. The topological polar surface area (TPSA) is 46.9 Å². The number of amides is 1. The Bertz CT molecular complexity index is 789. The van der Waals surface area contributed by atoms with Crippen LogP contribution in [-0.4, -0.2) is 15.5 Å². The van der Waals surface area contributed by atoms with Gasteiger partial charge in [0.25, 0.3) is 5.91 Å². The van der Waals surface area contributed by atoms with Gasteiger partial charge >= 0.3 is 0 Å². The molecule has 0 radical (unpaired) electrons. The molecule has 0 bridgehead atoms. The molecule has 4 heteroatoms. The Morgan fingerprint density at radius 1 is 1.25 bits per heavy atom. The lowest BCUT2D eigenvalue weighted by atomic mass is 10.1. The van der Waals surface area contributed by atoms with Gasteiger partial charge in [-0.15, -0.1) is 0 Å². The second-order valence-electron chi connectivity index (χ2n) is 4.82. The largest absolute Gasteiger partial charge is 0.351 e. The molecule has 1 N–H and O–H groups in total. The van der Waals surface area contributed by atoms with Gasteiger partial charge in [0.15, 0.2) is 0 Å². The first kappa shape index (κ1) is 12.4. The second-order valence-corrected chi connectivity index (χ2v) is 4.82. The molecule has 20 heavy (non-hydrogen) atoms. The first-order valence-corrected chi connectivity index (χ1v) is 6.43. The van der Waals surface area contributed by atoms with E-state index in [1.807, 2.05) is 61.1 Å². The van der Waals surface area contributed by atoms with Crippen molar-refractivity contribution in [2.24, 2.45) is 7.05 Å². The SMILES string of the molecule is Cc1cccnc1NC(=O)c1ccc2ccn(C)c2c1. The van der Waals surface area contributed by atoms with Crippen molar-refractivity contribution in [3.05, 3.63) is 59.9 Å². The fourth-order valence-corrected chi connectivity index (χ4v) is 2.20. The molecular weight excluding hydrogens is 250 g/mol. The highest BCUT2D eigenvalue weighted by Gasteiger charge is 2.10. The summed E-state index contributed by atoms with van der Waals surface area (Å²) in [6.45, 7) is 1.92. The summed E-state index contributed by atoms with van der Waals surface area (Å²) in [5.74, 6) is 0.458. The quantitative estimate of drug-likeness (QED) is 0.773. The number of nitrogens with zero attached hydrogens (tertiary/aromatic N) is 2. The zero-order valence-corrected chi connectivity index (χ0v) is 11.4. The number of aryl methyl sites for hydroxylation is 2. The highest BCUT2D eigenvalue weighted by Crippen LogP contribution is 2.18. The number of fused-ring (bicyclic) bond motifs is 1. The third-order valence-electron chi connectivity index (χ3n) is 3.39. The summed E-state index contributed by atoms with van der Waals surface area (Å²) in [5, 5.41) is 3.97. The molecule has 2 heterocycles. The maximum Gasteiger partial charge on any atom is 0.256 e. The minimum atomic E-state index is -0.144. The van der Waals surface area contributed by atoms with Crippen LogP contribution in [0.5, 0.6) is 0 Å². The number of rotatable bonds is 2. The molecule has 0 fully saturated rings. The van der Waals surface area contributed by atoms with Crippen LogP contribution in [0.1, 0.15) is 15.9 Å². The number of anilines is 1. The Morgan fingerprint density at radius 3 is 2.90 bits per heavy atom. The molecule has 3 rings (SSSR count). The number of hydrogen-bond acceptors (Lipinski definition) is 2. The van der Waals surface area contributed by atoms with E-state index in [0.29, 0.717) is 11.4 Å². The van der Waals surface area contributed by atoms with Gasteiger partial charge < -0.3 is 9.88 Å². The molecule has 4 nitrogen and oxygen atoms in total. The number of aromatic nitrogens is 2. The van der Waals surface area contributed by atoms with E-state index < -0.39 is 0 Å². The number of nitrogens with one attached hydrogen (secondary N) is 1. The molecule has 0 saturated heterocycles. The summed E-state index contributed by atoms with van der Waals surface area (Å²) >= 11 is 0. The Balaban J connectivity index is 1.92. The highest BCUT2D eigenvalue weighted by molar-refractivity contribution is 6.06. The summed E-state index contributed by atoms with van der Waals surface area (Å²) in [5.41, 5.74) is 2.61. The van der Waals surface area contributed by atoms with Gasteiger partial charge in [-0.25, -0.2) is 4.98 Å². The van der Waals surface area contributed by atoms with E-state index in [1.54, 1.807) is 6.20 Å². The third-order valence-corrected chi connectivity index (χ3v) is 3.39. The van der Waals surface area contributed by atoms with Gasteiger partial charge in [-0.05, 0) is 42.1 Å². The van der Waals surface area contributed by atoms with Crippen LogP contribution in [0.4, 0.5) is 5.82 Å². The van der Waals surface area contributed by atoms with Gasteiger partial charge in [0, 0.05) is 30.5 Å². The Kier molecular flexibility index (Phi) is 2.99. The summed E-state index contributed by atoms with van der Waals surface area (Å²) in [6.07, 6.45) is 3.65. The van der Waals surface area contributed by atoms with Crippen molar-refractivity contribution in [2.75, 3.05) is 5.32 Å². The van der Waals surface area contributed by atoms with Crippen molar-refractivity contribution < 1.29 is 4.79 Å². The monoisotopic (exact) mass is 265 g/mol. The molecule has 0 spiro atoms. The van der Waals surface area contributed by atoms with Crippen molar-refractivity contribution in [1.82, 2.24) is 9.55 Å². The zero-order valence-electron chi connectivity index (χ0n) is 11.4. The van der Waals surface area contributed by atoms with E-state index in [1.165, 1.54) is 0 Å². The predicted octanol–water partition coefficient (Wildman–Crippen LogP) is 3.13. The van der Waals surface area contributed by atoms with Gasteiger partial charge in [0.2, 0.25) is 0 Å². The van der Waals surface area contributed by atoms with Gasteiger partial charge in [0.05, 0.1) is 0 Å². The van der Waals surface area contributed by atoms with E-state index >= 15 is 0 Å². The van der Waals surface area contributed by atoms with Crippen molar-refractivity contribution in [1.29, 1.82) is 0 Å². The molecule has 2 aromatic heterocycles. The molecule has 0 atom stereocenters. The highest BCUT2D eigenvalue weighted by atomic mass is 16.1. The maximum atomic E-state index is 12.3. The van der Waals surface area contributed by atoms with Crippen molar-refractivity contribution in [3.63, 3.8) is 0 Å². The molecule has 3 aromatic rings. The van der Waals surface area contributed by atoms with Gasteiger partial charge in [-0.3, -0.25) is 4.79 Å². The number of carbonyl (C=O) groups is 1. The fourth-order valence-electron chi connectivity index (χ4n) is 2.20. The average molecular weight is 265 g/mol. The normalized spacial score (nSPS) is 10.7. The van der Waals surface area contributed by atoms with E-state index in [9.17, 15) is 4.79 Å². The molecule has 0 aliphatic heterocycles. The van der Waals surface area contributed by atoms with E-state index in [0.717, 1.165) is 16.5 Å². The average Bonchev–Trinajstić information content (AvgIpc) is 2.82. The van der Waals surface area contributed by atoms with E-state index in [-0.39, 0.29) is 5.91 Å². The molecule has 0 aliphatic rings. The number of carbonyl (C=O) groups excluding carboxylic acids is 1. The summed E-state index contributed by atoms with van der Waals surface area (Å²) in [6, 6.07) is 11.5. The lowest BCUT2D eigenvalue weighted by Gasteiger charge is -2.07. The van der Waals surface area contributed by atoms with Crippen molar-refractivity contribution >= 4 is 22.6 Å². The van der Waals surface area contributed by atoms with Crippen LogP contribution >= 0.6 is 0 Å². The Hall–Kier alpha value is -2.62. The molecule has 0 unspecified atom stereocenters. The van der Waals surface area contributed by atoms with Crippen LogP contribution in [0.2, 0.25) is 0 Å². The predicted molar refractivity (Wildman–Crippen MR) is 79.8 cm³/mol. The standard InChI is InChI=1S/C16H15N3O/c1-11-4-3-8-17-15(11)18-16(20)13-6-5-12-7-9-19(2)14(12)10-13/h3-10H,1-2H3,(H,17,18,20). The zero-order chi connectivity index (χ0) is 14.1. The van der Waals surface area contributed by atoms with Crippen molar-refractivity contribution in [2.45, 2.75) is 6.92 Å². The smallest absolute Gasteiger partial charge is 0.256 e. The summed E-state index contributed by atoms with van der Waals surface area (Å²) < 4.78 is 2.00. The molecule has 1 aromatic carbocycles. The van der Waals surface area contributed by atoms with Gasteiger partial charge in [0.1, 0.15) is 5.82 Å². The van der Waals surface area contributed by atoms with Crippen LogP contribution in [-0.2, 0) is 7.05 Å². The van der Waals surface area contributed by atoms with Crippen LogP contribution < -0.4 is 5.32 Å². The first-order valence-electron chi connectivity index (χ1n) is 6.43. The van der Waals surface area contributed by atoms with Crippen LogP contribution in [0.3, 0.4) is 0 Å². The fraction of sp³-hybridized carbons (Fsp3) is 0.125. The Labute approximate surface area is 117 Å². The number of benzene rings is 1. The Morgan fingerprint density at radius 2 is 2.10 bits per heavy atom. The van der Waals surface area contributed by atoms with Crippen LogP contribution in [0, 0.1) is 6.92 Å². The van der Waals surface area contributed by atoms with Gasteiger partial charge in [-0.2, -0.15) is 0 Å². The molecular formula is C16H15N3O. The van der Waals surface area contributed by atoms with Crippen LogP contribution in [0.25, 0.3) is 10.9 Å². The van der Waals surface area contributed by atoms with E-state index in [4.69, 9.17) is 0 Å². The van der Waals surface area contributed by atoms with E-state index in [2.05, 4.69) is 10.3 Å². The lowest BCUT2D eigenvalue weighted by Crippen LogP contribution is -2.13. The van der Waals surface area contributed by atoms with Gasteiger partial charge in [-0.1, -0.05) is 12.1 Å². The lowest BCUT2D eigenvalue weighted by molar-refractivity contribution is 0.102. The molecule has 0 aliphatic carbocycles. The third kappa shape index (κ3) is 2.16. The first-order chi connectivity index (χ1) is 9.65. The number of pyridine rings is 1. The minimum absolute atomic E-state index is 0.144. The maximum absolute atomic E-state index is 12.3.